The van der Waals surface area contributed by atoms with E-state index < -0.39 is 0 Å². The highest BCUT2D eigenvalue weighted by Crippen LogP contribution is 2.29. The van der Waals surface area contributed by atoms with Crippen molar-refractivity contribution in [3.05, 3.63) is 53.1 Å². The van der Waals surface area contributed by atoms with E-state index in [9.17, 15) is 4.39 Å². The van der Waals surface area contributed by atoms with Crippen LogP contribution in [0.5, 0.6) is 11.5 Å². The molecule has 2 rings (SSSR count). The van der Waals surface area contributed by atoms with E-state index in [1.165, 1.54) is 0 Å². The van der Waals surface area contributed by atoms with Gasteiger partial charge in [-0.2, -0.15) is 0 Å². The van der Waals surface area contributed by atoms with Gasteiger partial charge in [-0.25, -0.2) is 4.39 Å². The minimum atomic E-state index is -0.354. The molecule has 0 bridgehead atoms. The van der Waals surface area contributed by atoms with E-state index in [-0.39, 0.29) is 17.4 Å². The fourth-order valence-electron chi connectivity index (χ4n) is 1.58. The first-order valence-electron chi connectivity index (χ1n) is 5.56. The molecular weight excluding hydrogens is 253 g/mol. The number of rotatable bonds is 3. The second-order valence-electron chi connectivity index (χ2n) is 4.06. The van der Waals surface area contributed by atoms with Crippen molar-refractivity contribution in [3.8, 4) is 11.5 Å². The van der Waals surface area contributed by atoms with Crippen LogP contribution in [0.25, 0.3) is 0 Å². The maximum Gasteiger partial charge on any atom is 0.168 e. The molecule has 94 valence electrons. The van der Waals surface area contributed by atoms with Crippen molar-refractivity contribution in [1.29, 1.82) is 0 Å². The van der Waals surface area contributed by atoms with Crippen LogP contribution in [-0.4, -0.2) is 4.98 Å². The maximum absolute atomic E-state index is 13.8. The van der Waals surface area contributed by atoms with Gasteiger partial charge in [0.2, 0.25) is 0 Å². The molecule has 1 aromatic heterocycles. The summed E-state index contributed by atoms with van der Waals surface area (Å²) in [5.41, 5.74) is 2.08. The molecule has 2 aromatic rings. The van der Waals surface area contributed by atoms with Crippen molar-refractivity contribution in [2.75, 3.05) is 0 Å². The van der Waals surface area contributed by atoms with Gasteiger partial charge in [0.1, 0.15) is 5.75 Å². The van der Waals surface area contributed by atoms with Gasteiger partial charge in [-0.1, -0.05) is 12.1 Å². The molecule has 0 fully saturated rings. The van der Waals surface area contributed by atoms with Crippen LogP contribution < -0.4 is 4.74 Å². The third kappa shape index (κ3) is 2.62. The molecule has 0 spiro atoms. The standard InChI is InChI=1S/C14H13ClFNO/c1-9-4-3-5-12(14(9)16)18-13-6-10(2)17-8-11(13)7-15/h3-6,8H,7H2,1-2H3. The van der Waals surface area contributed by atoms with E-state index >= 15 is 0 Å². The van der Waals surface area contributed by atoms with Crippen molar-refractivity contribution in [2.45, 2.75) is 19.7 Å². The zero-order chi connectivity index (χ0) is 13.1. The molecule has 1 aromatic carbocycles. The highest BCUT2D eigenvalue weighted by atomic mass is 35.5. The third-order valence-corrected chi connectivity index (χ3v) is 2.89. The average molecular weight is 266 g/mol. The Morgan fingerprint density at radius 2 is 2.06 bits per heavy atom. The van der Waals surface area contributed by atoms with E-state index in [0.29, 0.717) is 11.3 Å². The molecule has 1 heterocycles. The fraction of sp³-hybridized carbons (Fsp3) is 0.214. The van der Waals surface area contributed by atoms with E-state index in [4.69, 9.17) is 16.3 Å². The molecule has 0 aliphatic carbocycles. The van der Waals surface area contributed by atoms with E-state index in [0.717, 1.165) is 11.3 Å². The highest BCUT2D eigenvalue weighted by molar-refractivity contribution is 6.17. The highest BCUT2D eigenvalue weighted by Gasteiger charge is 2.10. The van der Waals surface area contributed by atoms with Crippen LogP contribution in [0.1, 0.15) is 16.8 Å². The molecule has 0 atom stereocenters. The summed E-state index contributed by atoms with van der Waals surface area (Å²) < 4.78 is 19.4. The normalized spacial score (nSPS) is 10.4. The van der Waals surface area contributed by atoms with Gasteiger partial charge in [0.25, 0.3) is 0 Å². The summed E-state index contributed by atoms with van der Waals surface area (Å²) in [5, 5.41) is 0. The average Bonchev–Trinajstić information content (AvgIpc) is 2.35. The van der Waals surface area contributed by atoms with Gasteiger partial charge in [-0.05, 0) is 25.5 Å². The minimum absolute atomic E-state index is 0.201. The number of hydrogen-bond donors (Lipinski definition) is 0. The molecule has 0 saturated carbocycles. The second-order valence-corrected chi connectivity index (χ2v) is 4.32. The van der Waals surface area contributed by atoms with Crippen LogP contribution in [0.2, 0.25) is 0 Å². The van der Waals surface area contributed by atoms with Crippen molar-refractivity contribution >= 4 is 11.6 Å². The van der Waals surface area contributed by atoms with Gasteiger partial charge in [0, 0.05) is 23.5 Å². The smallest absolute Gasteiger partial charge is 0.168 e. The molecular formula is C14H13ClFNO. The monoisotopic (exact) mass is 265 g/mol. The topological polar surface area (TPSA) is 22.1 Å². The number of halogens is 2. The van der Waals surface area contributed by atoms with Gasteiger partial charge >= 0.3 is 0 Å². The number of aromatic nitrogens is 1. The summed E-state index contributed by atoms with van der Waals surface area (Å²) in [6.45, 7) is 3.54. The lowest BCUT2D eigenvalue weighted by Gasteiger charge is -2.11. The van der Waals surface area contributed by atoms with Crippen LogP contribution >= 0.6 is 11.6 Å². The van der Waals surface area contributed by atoms with Crippen LogP contribution in [0.3, 0.4) is 0 Å². The molecule has 0 N–H and O–H groups in total. The summed E-state index contributed by atoms with van der Waals surface area (Å²) in [4.78, 5) is 4.13. The SMILES string of the molecule is Cc1cc(Oc2cccc(C)c2F)c(CCl)cn1. The van der Waals surface area contributed by atoms with Crippen LogP contribution in [-0.2, 0) is 5.88 Å². The summed E-state index contributed by atoms with van der Waals surface area (Å²) >= 11 is 5.81. The fourth-order valence-corrected chi connectivity index (χ4v) is 1.78. The van der Waals surface area contributed by atoms with Gasteiger partial charge in [-0.15, -0.1) is 11.6 Å². The predicted octanol–water partition coefficient (Wildman–Crippen LogP) is 4.37. The Bertz CT molecular complexity index is 572. The Morgan fingerprint density at radius 1 is 1.28 bits per heavy atom. The Hall–Kier alpha value is -1.61. The number of aryl methyl sites for hydroxylation is 2. The third-order valence-electron chi connectivity index (χ3n) is 2.60. The quantitative estimate of drug-likeness (QED) is 0.769. The number of ether oxygens (including phenoxy) is 1. The summed E-state index contributed by atoms with van der Waals surface area (Å²) in [5.74, 6) is 0.664. The minimum Gasteiger partial charge on any atom is -0.454 e. The van der Waals surface area contributed by atoms with Crippen LogP contribution in [0.4, 0.5) is 4.39 Å². The summed E-state index contributed by atoms with van der Waals surface area (Å²) in [7, 11) is 0. The number of nitrogens with zero attached hydrogens (tertiary/aromatic N) is 1. The van der Waals surface area contributed by atoms with Gasteiger partial charge in [0.05, 0.1) is 5.88 Å². The molecule has 0 radical (unpaired) electrons. The lowest BCUT2D eigenvalue weighted by molar-refractivity contribution is 0.436. The lowest BCUT2D eigenvalue weighted by Crippen LogP contribution is -1.95. The van der Waals surface area contributed by atoms with Crippen LogP contribution in [0.15, 0.2) is 30.5 Å². The Balaban J connectivity index is 2.39. The van der Waals surface area contributed by atoms with E-state index in [1.807, 2.05) is 6.92 Å². The number of hydrogen-bond acceptors (Lipinski definition) is 2. The molecule has 0 unspecified atom stereocenters. The first-order chi connectivity index (χ1) is 8.61. The van der Waals surface area contributed by atoms with Crippen molar-refractivity contribution in [3.63, 3.8) is 0 Å². The number of alkyl halides is 1. The number of pyridine rings is 1. The zero-order valence-electron chi connectivity index (χ0n) is 10.2. The van der Waals surface area contributed by atoms with Gasteiger partial charge < -0.3 is 4.74 Å². The Labute approximate surface area is 110 Å². The maximum atomic E-state index is 13.8. The van der Waals surface area contributed by atoms with E-state index in [1.54, 1.807) is 37.4 Å². The van der Waals surface area contributed by atoms with Crippen molar-refractivity contribution in [2.24, 2.45) is 0 Å². The predicted molar refractivity (Wildman–Crippen MR) is 69.7 cm³/mol. The van der Waals surface area contributed by atoms with Crippen LogP contribution in [0, 0.1) is 19.7 Å². The summed E-state index contributed by atoms with van der Waals surface area (Å²) in [6, 6.07) is 6.79. The first kappa shape index (κ1) is 12.8. The molecule has 4 heteroatoms. The van der Waals surface area contributed by atoms with Gasteiger partial charge in [-0.3, -0.25) is 4.98 Å². The Kier molecular flexibility index (Phi) is 3.82. The molecule has 0 aliphatic heterocycles. The van der Waals surface area contributed by atoms with Crippen molar-refractivity contribution in [1.82, 2.24) is 4.98 Å². The largest absolute Gasteiger partial charge is 0.454 e. The van der Waals surface area contributed by atoms with Gasteiger partial charge in [0.15, 0.2) is 11.6 Å². The zero-order valence-corrected chi connectivity index (χ0v) is 11.0. The molecule has 0 amide bonds. The number of benzene rings is 1. The van der Waals surface area contributed by atoms with E-state index in [2.05, 4.69) is 4.98 Å². The molecule has 2 nitrogen and oxygen atoms in total. The lowest BCUT2D eigenvalue weighted by atomic mass is 10.2. The Morgan fingerprint density at radius 3 is 2.78 bits per heavy atom. The second kappa shape index (κ2) is 5.36. The molecule has 18 heavy (non-hydrogen) atoms. The molecule has 0 saturated heterocycles. The summed E-state index contributed by atoms with van der Waals surface area (Å²) in [6.07, 6.45) is 1.64. The first-order valence-corrected chi connectivity index (χ1v) is 6.09. The molecule has 0 aliphatic rings. The van der Waals surface area contributed by atoms with Crippen molar-refractivity contribution < 1.29 is 9.13 Å².